The molecule has 1 heterocycles. The van der Waals surface area contributed by atoms with Gasteiger partial charge in [0.2, 0.25) is 11.0 Å². The number of rotatable bonds is 7. The lowest BCUT2D eigenvalue weighted by Crippen LogP contribution is -2.32. The molecular weight excluding hydrogens is 328 g/mol. The van der Waals surface area contributed by atoms with Crippen LogP contribution in [0.5, 0.6) is 0 Å². The fourth-order valence-electron chi connectivity index (χ4n) is 2.17. The first-order valence-corrected chi connectivity index (χ1v) is 9.37. The fraction of sp³-hybridized carbons (Fsp3) is 0.438. The van der Waals surface area contributed by atoms with E-state index < -0.39 is 0 Å². The number of carbonyl (C=O) groups is 1. The van der Waals surface area contributed by atoms with E-state index in [0.717, 1.165) is 15.0 Å². The van der Waals surface area contributed by atoms with E-state index in [2.05, 4.69) is 15.5 Å². The summed E-state index contributed by atoms with van der Waals surface area (Å²) < 4.78 is 0.835. The number of nitrogens with one attached hydrogen (secondary N) is 1. The lowest BCUT2D eigenvalue weighted by atomic mass is 10.2. The Morgan fingerprint density at radius 1 is 1.39 bits per heavy atom. The van der Waals surface area contributed by atoms with Gasteiger partial charge in [0.25, 0.3) is 0 Å². The van der Waals surface area contributed by atoms with E-state index in [1.165, 1.54) is 35.9 Å². The van der Waals surface area contributed by atoms with Crippen LogP contribution < -0.4 is 5.32 Å². The van der Waals surface area contributed by atoms with Gasteiger partial charge in [0, 0.05) is 19.6 Å². The third-order valence-electron chi connectivity index (χ3n) is 3.58. The van der Waals surface area contributed by atoms with E-state index in [-0.39, 0.29) is 11.2 Å². The highest BCUT2D eigenvalue weighted by atomic mass is 32.2. The molecule has 1 saturated carbocycles. The number of aromatic nitrogens is 2. The van der Waals surface area contributed by atoms with E-state index in [9.17, 15) is 4.79 Å². The van der Waals surface area contributed by atoms with Gasteiger partial charge in [-0.2, -0.15) is 0 Å². The molecule has 1 aromatic heterocycles. The summed E-state index contributed by atoms with van der Waals surface area (Å²) in [5.74, 6) is 0.103. The average Bonchev–Trinajstić information content (AvgIpc) is 3.26. The zero-order valence-electron chi connectivity index (χ0n) is 13.2. The Morgan fingerprint density at radius 2 is 2.13 bits per heavy atom. The molecule has 5 nitrogen and oxygen atoms in total. The number of carbonyl (C=O) groups excluding carboxylic acids is 1. The SMILES string of the molecule is CC(Sc1nnc(NC2CC2)s1)C(=O)N(C)Cc1ccccc1. The third kappa shape index (κ3) is 4.68. The number of thioether (sulfide) groups is 1. The monoisotopic (exact) mass is 348 g/mol. The van der Waals surface area contributed by atoms with Crippen molar-refractivity contribution >= 4 is 34.1 Å². The maximum Gasteiger partial charge on any atom is 0.235 e. The Hall–Kier alpha value is -1.60. The second kappa shape index (κ2) is 7.31. The van der Waals surface area contributed by atoms with E-state index in [0.29, 0.717) is 12.6 Å². The summed E-state index contributed by atoms with van der Waals surface area (Å²) >= 11 is 2.99. The molecule has 7 heteroatoms. The summed E-state index contributed by atoms with van der Waals surface area (Å²) in [5.41, 5.74) is 1.13. The molecule has 1 N–H and O–H groups in total. The maximum absolute atomic E-state index is 12.5. The van der Waals surface area contributed by atoms with Crippen molar-refractivity contribution in [1.29, 1.82) is 0 Å². The van der Waals surface area contributed by atoms with Crippen LogP contribution in [0.15, 0.2) is 34.7 Å². The number of hydrogen-bond acceptors (Lipinski definition) is 6. The van der Waals surface area contributed by atoms with Crippen LogP contribution in [0, 0.1) is 0 Å². The topological polar surface area (TPSA) is 58.1 Å². The Kier molecular flexibility index (Phi) is 5.17. The quantitative estimate of drug-likeness (QED) is 0.779. The Morgan fingerprint density at radius 3 is 2.83 bits per heavy atom. The van der Waals surface area contributed by atoms with Crippen LogP contribution >= 0.6 is 23.1 Å². The molecule has 3 rings (SSSR count). The molecule has 122 valence electrons. The van der Waals surface area contributed by atoms with Gasteiger partial charge in [-0.3, -0.25) is 4.79 Å². The fourth-order valence-corrected chi connectivity index (χ4v) is 4.25. The van der Waals surface area contributed by atoms with Gasteiger partial charge in [0.1, 0.15) is 0 Å². The van der Waals surface area contributed by atoms with Gasteiger partial charge in [0.05, 0.1) is 5.25 Å². The molecule has 0 spiro atoms. The van der Waals surface area contributed by atoms with Crippen molar-refractivity contribution in [2.75, 3.05) is 12.4 Å². The van der Waals surface area contributed by atoms with Crippen LogP contribution in [-0.2, 0) is 11.3 Å². The molecule has 0 bridgehead atoms. The summed E-state index contributed by atoms with van der Waals surface area (Å²) in [7, 11) is 1.84. The molecule has 2 aromatic rings. The lowest BCUT2D eigenvalue weighted by Gasteiger charge is -2.20. The van der Waals surface area contributed by atoms with Crippen molar-refractivity contribution in [3.05, 3.63) is 35.9 Å². The number of anilines is 1. The zero-order chi connectivity index (χ0) is 16.2. The van der Waals surface area contributed by atoms with E-state index in [1.807, 2.05) is 44.3 Å². The lowest BCUT2D eigenvalue weighted by molar-refractivity contribution is -0.129. The van der Waals surface area contributed by atoms with Crippen molar-refractivity contribution < 1.29 is 4.79 Å². The maximum atomic E-state index is 12.5. The van der Waals surface area contributed by atoms with Crippen LogP contribution in [0.1, 0.15) is 25.3 Å². The van der Waals surface area contributed by atoms with Gasteiger partial charge in [-0.05, 0) is 25.3 Å². The molecule has 0 aliphatic heterocycles. The Balaban J connectivity index is 1.52. The van der Waals surface area contributed by atoms with Gasteiger partial charge in [-0.15, -0.1) is 10.2 Å². The van der Waals surface area contributed by atoms with Crippen LogP contribution in [0.2, 0.25) is 0 Å². The number of amides is 1. The van der Waals surface area contributed by atoms with Crippen molar-refractivity contribution in [3.8, 4) is 0 Å². The molecule has 1 atom stereocenters. The molecular formula is C16H20N4OS2. The van der Waals surface area contributed by atoms with Gasteiger partial charge in [-0.1, -0.05) is 53.4 Å². The first kappa shape index (κ1) is 16.3. The molecule has 1 aliphatic rings. The number of hydrogen-bond donors (Lipinski definition) is 1. The number of benzene rings is 1. The van der Waals surface area contributed by atoms with Gasteiger partial charge in [0.15, 0.2) is 4.34 Å². The first-order chi connectivity index (χ1) is 11.1. The second-order valence-corrected chi connectivity index (χ2v) is 8.30. The summed E-state index contributed by atoms with van der Waals surface area (Å²) in [4.78, 5) is 14.3. The van der Waals surface area contributed by atoms with Crippen LogP contribution in [0.3, 0.4) is 0 Å². The summed E-state index contributed by atoms with van der Waals surface area (Å²) in [6.45, 7) is 2.54. The van der Waals surface area contributed by atoms with E-state index in [1.54, 1.807) is 4.90 Å². The van der Waals surface area contributed by atoms with E-state index in [4.69, 9.17) is 0 Å². The molecule has 1 unspecified atom stereocenters. The first-order valence-electron chi connectivity index (χ1n) is 7.67. The normalized spacial score (nSPS) is 15.2. The molecule has 23 heavy (non-hydrogen) atoms. The minimum atomic E-state index is -0.176. The van der Waals surface area contributed by atoms with Crippen molar-refractivity contribution in [1.82, 2.24) is 15.1 Å². The van der Waals surface area contributed by atoms with Gasteiger partial charge in [-0.25, -0.2) is 0 Å². The zero-order valence-corrected chi connectivity index (χ0v) is 14.9. The van der Waals surface area contributed by atoms with Crippen molar-refractivity contribution in [2.24, 2.45) is 0 Å². The van der Waals surface area contributed by atoms with E-state index >= 15 is 0 Å². The van der Waals surface area contributed by atoms with Gasteiger partial charge >= 0.3 is 0 Å². The third-order valence-corrected chi connectivity index (χ3v) is 5.60. The predicted octanol–water partition coefficient (Wildman–Crippen LogP) is 3.25. The van der Waals surface area contributed by atoms with Crippen LogP contribution in [0.25, 0.3) is 0 Å². The predicted molar refractivity (Wildman–Crippen MR) is 94.8 cm³/mol. The molecule has 0 saturated heterocycles. The smallest absolute Gasteiger partial charge is 0.235 e. The Bertz CT molecular complexity index is 657. The Labute approximate surface area is 144 Å². The summed E-state index contributed by atoms with van der Waals surface area (Å²) in [6, 6.07) is 10.6. The molecule has 1 fully saturated rings. The highest BCUT2D eigenvalue weighted by molar-refractivity contribution is 8.02. The van der Waals surface area contributed by atoms with Crippen molar-refractivity contribution in [2.45, 2.75) is 41.9 Å². The molecule has 1 amide bonds. The standard InChI is InChI=1S/C16H20N4OS2/c1-11(14(21)20(2)10-12-6-4-3-5-7-12)22-16-19-18-15(23-16)17-13-8-9-13/h3-7,11,13H,8-10H2,1-2H3,(H,17,18). The highest BCUT2D eigenvalue weighted by Crippen LogP contribution is 2.32. The molecule has 1 aromatic carbocycles. The molecule has 1 aliphatic carbocycles. The van der Waals surface area contributed by atoms with Crippen LogP contribution in [0.4, 0.5) is 5.13 Å². The van der Waals surface area contributed by atoms with Gasteiger partial charge < -0.3 is 10.2 Å². The minimum absolute atomic E-state index is 0.103. The van der Waals surface area contributed by atoms with Crippen LogP contribution in [-0.4, -0.2) is 39.3 Å². The average molecular weight is 348 g/mol. The summed E-state index contributed by atoms with van der Waals surface area (Å²) in [5, 5.41) is 12.3. The second-order valence-electron chi connectivity index (χ2n) is 5.73. The van der Waals surface area contributed by atoms with Crippen molar-refractivity contribution in [3.63, 3.8) is 0 Å². The summed E-state index contributed by atoms with van der Waals surface area (Å²) in [6.07, 6.45) is 2.42. The minimum Gasteiger partial charge on any atom is -0.357 e. The number of nitrogens with zero attached hydrogens (tertiary/aromatic N) is 3. The largest absolute Gasteiger partial charge is 0.357 e. The highest BCUT2D eigenvalue weighted by Gasteiger charge is 2.24. The molecule has 0 radical (unpaired) electrons.